The quantitative estimate of drug-likeness (QED) is 0.872. The van der Waals surface area contributed by atoms with Crippen LogP contribution in [-0.4, -0.2) is 36.7 Å². The van der Waals surface area contributed by atoms with Gasteiger partial charge in [-0.1, -0.05) is 0 Å². The highest BCUT2D eigenvalue weighted by atomic mass is 19.1. The van der Waals surface area contributed by atoms with Crippen LogP contribution in [0.25, 0.3) is 10.9 Å². The van der Waals surface area contributed by atoms with Crippen molar-refractivity contribution in [2.45, 2.75) is 13.5 Å². The van der Waals surface area contributed by atoms with Crippen molar-refractivity contribution in [3.8, 4) is 0 Å². The van der Waals surface area contributed by atoms with Crippen molar-refractivity contribution < 1.29 is 9.18 Å². The third-order valence-corrected chi connectivity index (χ3v) is 4.21. The number of anilines is 1. The molecule has 23 heavy (non-hydrogen) atoms. The standard InChI is InChI=1S/C16H19FN4O2/c1-2-20-9-11(16(18)23)15(22)10-7-12(17)14(8-13(10)20)21-5-3-19-4-6-21/h7-9,19H,2-6H2,1H3,(H2,18,23). The van der Waals surface area contributed by atoms with Gasteiger partial charge in [-0.3, -0.25) is 9.59 Å². The number of nitrogens with zero attached hydrogens (tertiary/aromatic N) is 2. The number of hydrogen-bond donors (Lipinski definition) is 2. The molecule has 0 saturated carbocycles. The van der Waals surface area contributed by atoms with E-state index in [0.717, 1.165) is 13.1 Å². The number of aryl methyl sites for hydroxylation is 1. The third kappa shape index (κ3) is 2.68. The molecule has 6 nitrogen and oxygen atoms in total. The van der Waals surface area contributed by atoms with Gasteiger partial charge in [-0.15, -0.1) is 0 Å². The van der Waals surface area contributed by atoms with Crippen molar-refractivity contribution >= 4 is 22.5 Å². The number of primary amides is 1. The van der Waals surface area contributed by atoms with Crippen LogP contribution in [0.2, 0.25) is 0 Å². The number of nitrogens with one attached hydrogen (secondary N) is 1. The molecule has 1 aromatic carbocycles. The van der Waals surface area contributed by atoms with Crippen molar-refractivity contribution in [1.29, 1.82) is 0 Å². The van der Waals surface area contributed by atoms with E-state index in [1.807, 2.05) is 11.8 Å². The summed E-state index contributed by atoms with van der Waals surface area (Å²) in [5, 5.41) is 3.40. The third-order valence-electron chi connectivity index (χ3n) is 4.21. The summed E-state index contributed by atoms with van der Waals surface area (Å²) in [6, 6.07) is 2.90. The summed E-state index contributed by atoms with van der Waals surface area (Å²) < 4.78 is 16.3. The zero-order valence-electron chi connectivity index (χ0n) is 12.9. The second kappa shape index (κ2) is 6.00. The molecule has 1 saturated heterocycles. The Morgan fingerprint density at radius 3 is 2.65 bits per heavy atom. The molecule has 122 valence electrons. The smallest absolute Gasteiger partial charge is 0.254 e. The first kappa shape index (κ1) is 15.5. The molecule has 0 unspecified atom stereocenters. The van der Waals surface area contributed by atoms with E-state index in [1.165, 1.54) is 12.3 Å². The van der Waals surface area contributed by atoms with E-state index < -0.39 is 17.2 Å². The molecule has 1 aliphatic heterocycles. The Balaban J connectivity index is 2.24. The van der Waals surface area contributed by atoms with Crippen LogP contribution in [0, 0.1) is 5.82 Å². The summed E-state index contributed by atoms with van der Waals surface area (Å²) in [4.78, 5) is 25.8. The number of pyridine rings is 1. The highest BCUT2D eigenvalue weighted by molar-refractivity contribution is 5.96. The van der Waals surface area contributed by atoms with Crippen molar-refractivity contribution in [2.24, 2.45) is 5.73 Å². The molecule has 1 aromatic heterocycles. The van der Waals surface area contributed by atoms with E-state index in [-0.39, 0.29) is 10.9 Å². The lowest BCUT2D eigenvalue weighted by Crippen LogP contribution is -2.43. The molecule has 0 aliphatic carbocycles. The molecule has 0 radical (unpaired) electrons. The summed E-state index contributed by atoms with van der Waals surface area (Å²) in [7, 11) is 0. The van der Waals surface area contributed by atoms with Gasteiger partial charge >= 0.3 is 0 Å². The Morgan fingerprint density at radius 2 is 2.04 bits per heavy atom. The highest BCUT2D eigenvalue weighted by Crippen LogP contribution is 2.25. The van der Waals surface area contributed by atoms with Gasteiger partial charge in [0.25, 0.3) is 5.91 Å². The Hall–Kier alpha value is -2.41. The fourth-order valence-electron chi connectivity index (χ4n) is 2.98. The van der Waals surface area contributed by atoms with Gasteiger partial charge in [-0.2, -0.15) is 0 Å². The highest BCUT2D eigenvalue weighted by Gasteiger charge is 2.19. The van der Waals surface area contributed by atoms with E-state index >= 15 is 0 Å². The molecule has 0 spiro atoms. The van der Waals surface area contributed by atoms with Gasteiger partial charge in [0, 0.05) is 44.3 Å². The number of carbonyl (C=O) groups excluding carboxylic acids is 1. The molecule has 1 amide bonds. The first-order chi connectivity index (χ1) is 11.0. The number of hydrogen-bond acceptors (Lipinski definition) is 4. The fourth-order valence-corrected chi connectivity index (χ4v) is 2.98. The van der Waals surface area contributed by atoms with E-state index in [0.29, 0.717) is 30.8 Å². The number of halogens is 1. The number of aromatic nitrogens is 1. The number of amides is 1. The topological polar surface area (TPSA) is 80.4 Å². The number of carbonyl (C=O) groups is 1. The predicted octanol–water partition coefficient (Wildman–Crippen LogP) is 0.669. The van der Waals surface area contributed by atoms with Crippen LogP contribution < -0.4 is 21.4 Å². The zero-order chi connectivity index (χ0) is 16.6. The number of nitrogens with two attached hydrogens (primary N) is 1. The second-order valence-electron chi connectivity index (χ2n) is 5.58. The van der Waals surface area contributed by atoms with Crippen molar-refractivity contribution in [3.05, 3.63) is 39.9 Å². The largest absolute Gasteiger partial charge is 0.367 e. The lowest BCUT2D eigenvalue weighted by Gasteiger charge is -2.30. The predicted molar refractivity (Wildman–Crippen MR) is 87.4 cm³/mol. The van der Waals surface area contributed by atoms with Crippen LogP contribution in [0.15, 0.2) is 23.1 Å². The molecule has 1 aliphatic rings. The molecule has 3 N–H and O–H groups in total. The van der Waals surface area contributed by atoms with Crippen LogP contribution in [0.1, 0.15) is 17.3 Å². The molecule has 1 fully saturated rings. The average molecular weight is 318 g/mol. The summed E-state index contributed by atoms with van der Waals surface area (Å²) in [6.07, 6.45) is 1.45. The minimum Gasteiger partial charge on any atom is -0.367 e. The first-order valence-electron chi connectivity index (χ1n) is 7.65. The SMILES string of the molecule is CCn1cc(C(N)=O)c(=O)c2cc(F)c(N3CCNCC3)cc21. The normalized spacial score (nSPS) is 15.1. The van der Waals surface area contributed by atoms with Crippen LogP contribution in [0.5, 0.6) is 0 Å². The Labute approximate surface area is 132 Å². The molecule has 2 aromatic rings. The first-order valence-corrected chi connectivity index (χ1v) is 7.65. The lowest BCUT2D eigenvalue weighted by molar-refractivity contribution is 0.0999. The zero-order valence-corrected chi connectivity index (χ0v) is 12.9. The van der Waals surface area contributed by atoms with Crippen molar-refractivity contribution in [3.63, 3.8) is 0 Å². The van der Waals surface area contributed by atoms with Gasteiger partial charge in [0.15, 0.2) is 0 Å². The van der Waals surface area contributed by atoms with Gasteiger partial charge in [-0.25, -0.2) is 4.39 Å². The number of fused-ring (bicyclic) bond motifs is 1. The van der Waals surface area contributed by atoms with Crippen LogP contribution in [0.3, 0.4) is 0 Å². The van der Waals surface area contributed by atoms with E-state index in [9.17, 15) is 14.0 Å². The molecule has 0 bridgehead atoms. The fraction of sp³-hybridized carbons (Fsp3) is 0.375. The van der Waals surface area contributed by atoms with Gasteiger partial charge in [-0.05, 0) is 19.1 Å². The maximum Gasteiger partial charge on any atom is 0.254 e. The van der Waals surface area contributed by atoms with Gasteiger partial charge in [0.1, 0.15) is 11.4 Å². The van der Waals surface area contributed by atoms with Crippen LogP contribution in [-0.2, 0) is 6.54 Å². The molecule has 3 rings (SSSR count). The van der Waals surface area contributed by atoms with Crippen LogP contribution in [0.4, 0.5) is 10.1 Å². The maximum atomic E-state index is 14.5. The minimum atomic E-state index is -0.800. The summed E-state index contributed by atoms with van der Waals surface area (Å²) in [5.74, 6) is -1.26. The molecular weight excluding hydrogens is 299 g/mol. The van der Waals surface area contributed by atoms with E-state index in [2.05, 4.69) is 5.32 Å². The van der Waals surface area contributed by atoms with Gasteiger partial charge < -0.3 is 20.5 Å². The number of rotatable bonds is 3. The Kier molecular flexibility index (Phi) is 4.04. The maximum absolute atomic E-state index is 14.5. The number of benzene rings is 1. The Bertz CT molecular complexity index is 825. The van der Waals surface area contributed by atoms with Crippen LogP contribution >= 0.6 is 0 Å². The molecular formula is C16H19FN4O2. The molecule has 7 heteroatoms. The number of piperazine rings is 1. The second-order valence-corrected chi connectivity index (χ2v) is 5.58. The van der Waals surface area contributed by atoms with Crippen molar-refractivity contribution in [2.75, 3.05) is 31.1 Å². The summed E-state index contributed by atoms with van der Waals surface area (Å²) in [6.45, 7) is 5.43. The monoisotopic (exact) mass is 318 g/mol. The summed E-state index contributed by atoms with van der Waals surface area (Å²) >= 11 is 0. The summed E-state index contributed by atoms with van der Waals surface area (Å²) in [5.41, 5.74) is 5.70. The van der Waals surface area contributed by atoms with E-state index in [4.69, 9.17) is 5.73 Å². The minimum absolute atomic E-state index is 0.117. The van der Waals surface area contributed by atoms with Crippen molar-refractivity contribution in [1.82, 2.24) is 9.88 Å². The average Bonchev–Trinajstić information content (AvgIpc) is 2.55. The molecule has 0 atom stereocenters. The van der Waals surface area contributed by atoms with Gasteiger partial charge in [0.05, 0.1) is 11.2 Å². The molecule has 2 heterocycles. The van der Waals surface area contributed by atoms with E-state index in [1.54, 1.807) is 10.6 Å². The Morgan fingerprint density at radius 1 is 1.35 bits per heavy atom. The van der Waals surface area contributed by atoms with Gasteiger partial charge in [0.2, 0.25) is 5.43 Å². The lowest BCUT2D eigenvalue weighted by atomic mass is 10.1.